The van der Waals surface area contributed by atoms with Crippen LogP contribution in [0, 0.1) is 17.6 Å². The van der Waals surface area contributed by atoms with E-state index in [9.17, 15) is 0 Å². The predicted molar refractivity (Wildman–Crippen MR) is 162 cm³/mol. The molecule has 218 valence electrons. The summed E-state index contributed by atoms with van der Waals surface area (Å²) in [4.78, 5) is 0. The van der Waals surface area contributed by atoms with Gasteiger partial charge in [-0.05, 0) is 79.2 Å². The molecule has 39 heavy (non-hydrogen) atoms. The maximum absolute atomic E-state index is 15.2. The molecule has 1 nitrogen and oxygen atoms in total. The van der Waals surface area contributed by atoms with Gasteiger partial charge in [0.05, 0.1) is 0 Å². The Morgan fingerprint density at radius 1 is 0.718 bits per heavy atom. The van der Waals surface area contributed by atoms with Crippen molar-refractivity contribution in [2.45, 2.75) is 136 Å². The highest BCUT2D eigenvalue weighted by Gasteiger charge is 2.25. The number of benzene rings is 2. The monoisotopic (exact) mass is 540 g/mol. The van der Waals surface area contributed by atoms with Crippen molar-refractivity contribution in [2.24, 2.45) is 5.92 Å². The Morgan fingerprint density at radius 3 is 2.03 bits per heavy atom. The Kier molecular flexibility index (Phi) is 15.1. The van der Waals surface area contributed by atoms with Crippen LogP contribution in [0.25, 0.3) is 11.1 Å². The van der Waals surface area contributed by atoms with Gasteiger partial charge in [-0.2, -0.15) is 0 Å². The van der Waals surface area contributed by atoms with Crippen molar-refractivity contribution in [2.75, 3.05) is 13.2 Å². The van der Waals surface area contributed by atoms with Gasteiger partial charge >= 0.3 is 0 Å². The van der Waals surface area contributed by atoms with Crippen molar-refractivity contribution in [3.05, 3.63) is 58.7 Å². The van der Waals surface area contributed by atoms with Gasteiger partial charge in [0, 0.05) is 18.8 Å². The van der Waals surface area contributed by atoms with Crippen molar-refractivity contribution in [1.82, 2.24) is 0 Å². The van der Waals surface area contributed by atoms with Gasteiger partial charge in [0.1, 0.15) is 0 Å². The molecule has 0 N–H and O–H groups in total. The molecule has 1 unspecified atom stereocenters. The molecule has 3 rings (SSSR count). The Bertz CT molecular complexity index is 936. The molecule has 0 spiro atoms. The first-order valence-electron chi connectivity index (χ1n) is 16.3. The minimum atomic E-state index is -0.673. The van der Waals surface area contributed by atoms with E-state index < -0.39 is 11.6 Å². The van der Waals surface area contributed by atoms with E-state index in [2.05, 4.69) is 26.0 Å². The van der Waals surface area contributed by atoms with E-state index in [0.29, 0.717) is 23.5 Å². The first-order valence-corrected chi connectivity index (χ1v) is 16.3. The molecule has 0 radical (unpaired) electrons. The van der Waals surface area contributed by atoms with E-state index in [4.69, 9.17) is 4.74 Å². The van der Waals surface area contributed by atoms with Crippen LogP contribution < -0.4 is 0 Å². The summed E-state index contributed by atoms with van der Waals surface area (Å²) in [5.74, 6) is -0.791. The molecular formula is C36H54F2O. The summed E-state index contributed by atoms with van der Waals surface area (Å²) < 4.78 is 36.2. The number of halogens is 2. The average molecular weight is 541 g/mol. The molecule has 0 saturated heterocycles. The normalized spacial score (nSPS) is 15.0. The summed E-state index contributed by atoms with van der Waals surface area (Å²) in [6.45, 7) is 6.22. The van der Waals surface area contributed by atoms with E-state index >= 15 is 8.78 Å². The Morgan fingerprint density at radius 2 is 1.33 bits per heavy atom. The van der Waals surface area contributed by atoms with Gasteiger partial charge in [-0.25, -0.2) is 8.78 Å². The fourth-order valence-electron chi connectivity index (χ4n) is 6.05. The molecule has 0 heterocycles. The molecule has 0 aromatic heterocycles. The first kappa shape index (κ1) is 31.8. The third kappa shape index (κ3) is 11.0. The molecule has 0 aliphatic heterocycles. The lowest BCUT2D eigenvalue weighted by Gasteiger charge is -2.26. The molecule has 2 aromatic carbocycles. The number of rotatable bonds is 20. The zero-order valence-corrected chi connectivity index (χ0v) is 25.0. The van der Waals surface area contributed by atoms with Crippen molar-refractivity contribution < 1.29 is 13.5 Å². The molecule has 2 aromatic rings. The van der Waals surface area contributed by atoms with Gasteiger partial charge in [0.2, 0.25) is 0 Å². The standard InChI is InChI=1S/C36H54F2O/c1-3-5-7-9-10-11-13-18-30-21-24-32-28-34(36(38)35(37)33(32)27-30)31-22-19-29(20-23-31)17-14-12-16-26-39-25-15-8-6-4-2/h19-20,22-23,28,30H,3-18,21,24-27H2,1-2H3. The number of ether oxygens (including phenoxy) is 1. The van der Waals surface area contributed by atoms with E-state index in [1.807, 2.05) is 18.2 Å². The molecule has 0 saturated carbocycles. The zero-order chi connectivity index (χ0) is 27.7. The SMILES string of the molecule is CCCCCCCCCC1CCc2cc(-c3ccc(CCCCCOCCCCCC)cc3)c(F)c(F)c2C1. The van der Waals surface area contributed by atoms with Gasteiger partial charge in [-0.3, -0.25) is 0 Å². The van der Waals surface area contributed by atoms with Crippen LogP contribution in [0.4, 0.5) is 8.78 Å². The third-order valence-electron chi connectivity index (χ3n) is 8.59. The maximum Gasteiger partial charge on any atom is 0.166 e. The molecule has 1 atom stereocenters. The van der Waals surface area contributed by atoms with E-state index in [1.165, 1.54) is 76.2 Å². The lowest BCUT2D eigenvalue weighted by Crippen LogP contribution is -2.17. The lowest BCUT2D eigenvalue weighted by atomic mass is 9.80. The van der Waals surface area contributed by atoms with Crippen molar-refractivity contribution >= 4 is 0 Å². The maximum atomic E-state index is 15.2. The second kappa shape index (κ2) is 18.6. The van der Waals surface area contributed by atoms with E-state index in [0.717, 1.165) is 69.3 Å². The van der Waals surface area contributed by atoms with Crippen LogP contribution in [0.2, 0.25) is 0 Å². The number of hydrogen-bond acceptors (Lipinski definition) is 1. The second-order valence-corrected chi connectivity index (χ2v) is 11.9. The lowest BCUT2D eigenvalue weighted by molar-refractivity contribution is 0.126. The number of fused-ring (bicyclic) bond motifs is 1. The highest BCUT2D eigenvalue weighted by molar-refractivity contribution is 5.66. The van der Waals surface area contributed by atoms with Gasteiger partial charge in [0.15, 0.2) is 11.6 Å². The van der Waals surface area contributed by atoms with Gasteiger partial charge in [0.25, 0.3) is 0 Å². The van der Waals surface area contributed by atoms with E-state index in [-0.39, 0.29) is 0 Å². The van der Waals surface area contributed by atoms with Crippen LogP contribution in [0.1, 0.15) is 133 Å². The van der Waals surface area contributed by atoms with E-state index in [1.54, 1.807) is 0 Å². The number of hydrogen-bond donors (Lipinski definition) is 0. The quantitative estimate of drug-likeness (QED) is 0.152. The molecule has 1 aliphatic rings. The Balaban J connectivity index is 1.42. The summed E-state index contributed by atoms with van der Waals surface area (Å²) in [6.07, 6.45) is 22.3. The van der Waals surface area contributed by atoms with Crippen molar-refractivity contribution in [1.29, 1.82) is 0 Å². The summed E-state index contributed by atoms with van der Waals surface area (Å²) in [5.41, 5.74) is 4.10. The number of unbranched alkanes of at least 4 members (excludes halogenated alkanes) is 11. The summed E-state index contributed by atoms with van der Waals surface area (Å²) in [5, 5.41) is 0. The smallest absolute Gasteiger partial charge is 0.166 e. The minimum absolute atomic E-state index is 0.416. The topological polar surface area (TPSA) is 9.23 Å². The molecule has 3 heteroatoms. The minimum Gasteiger partial charge on any atom is -0.381 e. The van der Waals surface area contributed by atoms with Crippen molar-refractivity contribution in [3.8, 4) is 11.1 Å². The van der Waals surface area contributed by atoms with Gasteiger partial charge in [-0.15, -0.1) is 0 Å². The van der Waals surface area contributed by atoms with Crippen LogP contribution in [0.15, 0.2) is 30.3 Å². The predicted octanol–water partition coefficient (Wildman–Crippen LogP) is 11.2. The molecule has 0 bridgehead atoms. The Labute approximate surface area is 238 Å². The second-order valence-electron chi connectivity index (χ2n) is 11.9. The van der Waals surface area contributed by atoms with Crippen molar-refractivity contribution in [3.63, 3.8) is 0 Å². The third-order valence-corrected chi connectivity index (χ3v) is 8.59. The largest absolute Gasteiger partial charge is 0.381 e. The summed E-state index contributed by atoms with van der Waals surface area (Å²) >= 11 is 0. The highest BCUT2D eigenvalue weighted by atomic mass is 19.2. The molecular weight excluding hydrogens is 486 g/mol. The van der Waals surface area contributed by atoms with Gasteiger partial charge in [-0.1, -0.05) is 115 Å². The highest BCUT2D eigenvalue weighted by Crippen LogP contribution is 2.36. The van der Waals surface area contributed by atoms with Crippen LogP contribution in [-0.4, -0.2) is 13.2 Å². The van der Waals surface area contributed by atoms with Gasteiger partial charge < -0.3 is 4.74 Å². The summed E-state index contributed by atoms with van der Waals surface area (Å²) in [7, 11) is 0. The molecule has 1 aliphatic carbocycles. The van der Waals surface area contributed by atoms with Crippen LogP contribution >= 0.6 is 0 Å². The zero-order valence-electron chi connectivity index (χ0n) is 25.0. The fraction of sp³-hybridized carbons (Fsp3) is 0.667. The fourth-order valence-corrected chi connectivity index (χ4v) is 6.05. The van der Waals surface area contributed by atoms with Crippen LogP contribution in [-0.2, 0) is 24.0 Å². The van der Waals surface area contributed by atoms with Crippen LogP contribution in [0.3, 0.4) is 0 Å². The Hall–Kier alpha value is -1.74. The molecule has 0 fully saturated rings. The molecule has 0 amide bonds. The number of aryl methyl sites for hydroxylation is 2. The average Bonchev–Trinajstić information content (AvgIpc) is 2.96. The van der Waals surface area contributed by atoms with Crippen LogP contribution in [0.5, 0.6) is 0 Å². The first-order chi connectivity index (χ1) is 19.1. The summed E-state index contributed by atoms with van der Waals surface area (Å²) in [6, 6.07) is 10.0.